The van der Waals surface area contributed by atoms with E-state index in [9.17, 15) is 13.6 Å². The Balaban J connectivity index is 0.00000363. The number of amides is 1. The van der Waals surface area contributed by atoms with Crippen molar-refractivity contribution in [3.63, 3.8) is 0 Å². The van der Waals surface area contributed by atoms with E-state index in [0.29, 0.717) is 25.9 Å². The predicted octanol–water partition coefficient (Wildman–Crippen LogP) is 4.43. The molecule has 0 unspecified atom stereocenters. The molecule has 0 bridgehead atoms. The van der Waals surface area contributed by atoms with Gasteiger partial charge in [0.05, 0.1) is 0 Å². The summed E-state index contributed by atoms with van der Waals surface area (Å²) in [4.78, 5) is 17.1. The molecule has 0 saturated carbocycles. The summed E-state index contributed by atoms with van der Waals surface area (Å²) in [5.41, 5.74) is 8.39. The van der Waals surface area contributed by atoms with Gasteiger partial charge in [-0.25, -0.2) is 8.78 Å². The van der Waals surface area contributed by atoms with Crippen molar-refractivity contribution in [1.82, 2.24) is 9.80 Å². The van der Waals surface area contributed by atoms with E-state index in [0.717, 1.165) is 30.8 Å². The fourth-order valence-electron chi connectivity index (χ4n) is 4.56. The monoisotopic (exact) mass is 465 g/mol. The van der Waals surface area contributed by atoms with Gasteiger partial charge in [0.25, 0.3) is 0 Å². The normalized spacial score (nSPS) is 18.7. The minimum Gasteiger partial charge on any atom is -0.342 e. The van der Waals surface area contributed by atoms with Crippen molar-refractivity contribution in [2.45, 2.75) is 38.6 Å². The average molecular weight is 466 g/mol. The lowest BCUT2D eigenvalue weighted by atomic mass is 9.74. The number of rotatable bonds is 8. The van der Waals surface area contributed by atoms with E-state index in [1.54, 1.807) is 24.3 Å². The highest BCUT2D eigenvalue weighted by Crippen LogP contribution is 2.37. The SMILES string of the molecule is CCN(CC)CCC(=O)N1CC[C@@H](N)[C@@H](C(c2ccc(F)cc2)c2ccc(F)cc2)C1.Cl. The summed E-state index contributed by atoms with van der Waals surface area (Å²) in [5.74, 6) is -0.650. The Labute approximate surface area is 196 Å². The Morgan fingerprint density at radius 1 is 1.03 bits per heavy atom. The molecule has 1 aliphatic rings. The summed E-state index contributed by atoms with van der Waals surface area (Å²) >= 11 is 0. The van der Waals surface area contributed by atoms with Crippen LogP contribution in [-0.2, 0) is 4.79 Å². The molecule has 3 rings (SSSR count). The first-order valence-electron chi connectivity index (χ1n) is 11.2. The zero-order valence-electron chi connectivity index (χ0n) is 18.8. The van der Waals surface area contributed by atoms with Crippen molar-refractivity contribution in [3.05, 3.63) is 71.3 Å². The molecule has 7 heteroatoms. The van der Waals surface area contributed by atoms with Gasteiger partial charge in [-0.15, -0.1) is 12.4 Å². The Morgan fingerprint density at radius 3 is 2.00 bits per heavy atom. The highest BCUT2D eigenvalue weighted by atomic mass is 35.5. The number of likely N-dealkylation sites (tertiary alicyclic amines) is 1. The maximum Gasteiger partial charge on any atom is 0.223 e. The lowest BCUT2D eigenvalue weighted by Gasteiger charge is -2.41. The number of nitrogens with zero attached hydrogens (tertiary/aromatic N) is 2. The second-order valence-corrected chi connectivity index (χ2v) is 8.31. The van der Waals surface area contributed by atoms with Crippen LogP contribution in [0.1, 0.15) is 43.7 Å². The van der Waals surface area contributed by atoms with Crippen molar-refractivity contribution in [1.29, 1.82) is 0 Å². The zero-order chi connectivity index (χ0) is 22.4. The third kappa shape index (κ3) is 6.50. The molecule has 32 heavy (non-hydrogen) atoms. The minimum absolute atomic E-state index is 0. The molecule has 1 amide bonds. The third-order valence-electron chi connectivity index (χ3n) is 6.49. The molecule has 0 aliphatic carbocycles. The van der Waals surface area contributed by atoms with Crippen molar-refractivity contribution in [3.8, 4) is 0 Å². The summed E-state index contributed by atoms with van der Waals surface area (Å²) in [6.07, 6.45) is 1.20. The molecule has 1 fully saturated rings. The van der Waals surface area contributed by atoms with Gasteiger partial charge >= 0.3 is 0 Å². The van der Waals surface area contributed by atoms with E-state index in [2.05, 4.69) is 18.7 Å². The molecule has 176 valence electrons. The number of halogens is 3. The molecule has 1 aliphatic heterocycles. The molecule has 4 nitrogen and oxygen atoms in total. The Bertz CT molecular complexity index is 798. The minimum atomic E-state index is -0.303. The van der Waals surface area contributed by atoms with Gasteiger partial charge in [0, 0.05) is 43.9 Å². The van der Waals surface area contributed by atoms with E-state index in [1.807, 2.05) is 4.90 Å². The van der Waals surface area contributed by atoms with E-state index >= 15 is 0 Å². The second kappa shape index (κ2) is 12.3. The molecule has 0 radical (unpaired) electrons. The lowest BCUT2D eigenvalue weighted by molar-refractivity contribution is -0.133. The molecular weight excluding hydrogens is 432 g/mol. The second-order valence-electron chi connectivity index (χ2n) is 8.31. The van der Waals surface area contributed by atoms with Crippen LogP contribution in [0.5, 0.6) is 0 Å². The molecule has 0 aromatic heterocycles. The standard InChI is InChI=1S/C25H33F2N3O.ClH/c1-3-29(4-2)15-14-24(31)30-16-13-23(28)22(17-30)25(18-5-9-20(26)10-6-18)19-7-11-21(27)12-8-19;/h5-12,22-23,25H,3-4,13-17,28H2,1-2H3;1H/t22-,23+;/m0./s1. The van der Waals surface area contributed by atoms with Gasteiger partial charge in [-0.3, -0.25) is 4.79 Å². The molecule has 1 saturated heterocycles. The smallest absolute Gasteiger partial charge is 0.223 e. The number of piperidine rings is 1. The van der Waals surface area contributed by atoms with Crippen molar-refractivity contribution in [2.24, 2.45) is 11.7 Å². The number of carbonyl (C=O) groups excluding carboxylic acids is 1. The molecule has 0 spiro atoms. The van der Waals surface area contributed by atoms with Crippen LogP contribution in [0, 0.1) is 17.6 Å². The van der Waals surface area contributed by atoms with E-state index in [4.69, 9.17) is 5.73 Å². The van der Waals surface area contributed by atoms with Crippen LogP contribution >= 0.6 is 12.4 Å². The summed E-state index contributed by atoms with van der Waals surface area (Å²) in [5, 5.41) is 0. The molecular formula is C25H34ClF2N3O. The van der Waals surface area contributed by atoms with Crippen molar-refractivity contribution < 1.29 is 13.6 Å². The average Bonchev–Trinajstić information content (AvgIpc) is 2.78. The largest absolute Gasteiger partial charge is 0.342 e. The molecule has 1 heterocycles. The van der Waals surface area contributed by atoms with Gasteiger partial charge in [0.15, 0.2) is 0 Å². The zero-order valence-corrected chi connectivity index (χ0v) is 19.7. The molecule has 2 N–H and O–H groups in total. The highest BCUT2D eigenvalue weighted by molar-refractivity contribution is 5.85. The van der Waals surface area contributed by atoms with Crippen LogP contribution in [0.15, 0.2) is 48.5 Å². The van der Waals surface area contributed by atoms with E-state index in [-0.39, 0.29) is 47.8 Å². The lowest BCUT2D eigenvalue weighted by Crippen LogP contribution is -2.51. The number of hydrogen-bond donors (Lipinski definition) is 1. The molecule has 2 atom stereocenters. The first kappa shape index (κ1) is 26.2. The van der Waals surface area contributed by atoms with E-state index < -0.39 is 0 Å². The van der Waals surface area contributed by atoms with Crippen LogP contribution < -0.4 is 5.73 Å². The van der Waals surface area contributed by atoms with E-state index in [1.165, 1.54) is 24.3 Å². The first-order chi connectivity index (χ1) is 14.9. The summed E-state index contributed by atoms with van der Waals surface area (Å²) < 4.78 is 27.1. The fourth-order valence-corrected chi connectivity index (χ4v) is 4.56. The fraction of sp³-hybridized carbons (Fsp3) is 0.480. The number of hydrogen-bond acceptors (Lipinski definition) is 3. The third-order valence-corrected chi connectivity index (χ3v) is 6.49. The molecule has 2 aromatic rings. The van der Waals surface area contributed by atoms with Gasteiger partial charge in [0.1, 0.15) is 11.6 Å². The topological polar surface area (TPSA) is 49.6 Å². The summed E-state index contributed by atoms with van der Waals surface area (Å²) in [7, 11) is 0. The van der Waals surface area contributed by atoms with Crippen LogP contribution in [-0.4, -0.2) is 54.5 Å². The van der Waals surface area contributed by atoms with Gasteiger partial charge < -0.3 is 15.5 Å². The van der Waals surface area contributed by atoms with Gasteiger partial charge in [-0.2, -0.15) is 0 Å². The number of benzene rings is 2. The maximum absolute atomic E-state index is 13.6. The van der Waals surface area contributed by atoms with Crippen molar-refractivity contribution >= 4 is 18.3 Å². The Morgan fingerprint density at radius 2 is 1.53 bits per heavy atom. The van der Waals surface area contributed by atoms with Gasteiger partial charge in [-0.1, -0.05) is 38.1 Å². The van der Waals surface area contributed by atoms with Crippen LogP contribution in [0.25, 0.3) is 0 Å². The highest BCUT2D eigenvalue weighted by Gasteiger charge is 2.36. The number of nitrogens with two attached hydrogens (primary N) is 1. The summed E-state index contributed by atoms with van der Waals surface area (Å²) in [6, 6.07) is 12.7. The maximum atomic E-state index is 13.6. The van der Waals surface area contributed by atoms with Crippen molar-refractivity contribution in [2.75, 3.05) is 32.7 Å². The Kier molecular flexibility index (Phi) is 10.1. The number of carbonyl (C=O) groups is 1. The molecule has 2 aromatic carbocycles. The van der Waals surface area contributed by atoms with Gasteiger partial charge in [0.2, 0.25) is 5.91 Å². The summed E-state index contributed by atoms with van der Waals surface area (Å²) in [6.45, 7) is 7.98. The van der Waals surface area contributed by atoms with Crippen LogP contribution in [0.3, 0.4) is 0 Å². The Hall–Kier alpha value is -2.02. The van der Waals surface area contributed by atoms with Crippen LogP contribution in [0.2, 0.25) is 0 Å². The first-order valence-corrected chi connectivity index (χ1v) is 11.2. The van der Waals surface area contributed by atoms with Gasteiger partial charge in [-0.05, 0) is 54.9 Å². The van der Waals surface area contributed by atoms with Crippen LogP contribution in [0.4, 0.5) is 8.78 Å². The quantitative estimate of drug-likeness (QED) is 0.627. The predicted molar refractivity (Wildman–Crippen MR) is 127 cm³/mol.